The van der Waals surface area contributed by atoms with Crippen LogP contribution in [0.2, 0.25) is 0 Å². The molecule has 0 spiro atoms. The van der Waals surface area contributed by atoms with Crippen LogP contribution < -0.4 is 4.74 Å². The Morgan fingerprint density at radius 2 is 2.00 bits per heavy atom. The van der Waals surface area contributed by atoms with Crippen molar-refractivity contribution in [2.24, 2.45) is 0 Å². The van der Waals surface area contributed by atoms with Crippen LogP contribution in [0, 0.1) is 0 Å². The Kier molecular flexibility index (Phi) is 5.21. The van der Waals surface area contributed by atoms with Gasteiger partial charge < -0.3 is 14.4 Å². The van der Waals surface area contributed by atoms with Crippen LogP contribution >= 0.6 is 11.8 Å². The number of ether oxygens (including phenoxy) is 2. The number of morpholine rings is 1. The number of methoxy groups -OCH3 is 1. The third kappa shape index (κ3) is 3.74. The number of amides is 1. The molecule has 9 heteroatoms. The molecule has 0 N–H and O–H groups in total. The molecule has 0 unspecified atom stereocenters. The van der Waals surface area contributed by atoms with Gasteiger partial charge in [-0.25, -0.2) is 14.6 Å². The summed E-state index contributed by atoms with van der Waals surface area (Å²) in [5.74, 6) is 1.21. The summed E-state index contributed by atoms with van der Waals surface area (Å²) in [6.07, 6.45) is 3.24. The lowest BCUT2D eigenvalue weighted by Gasteiger charge is -2.26. The summed E-state index contributed by atoms with van der Waals surface area (Å²) in [7, 11) is 1.63. The first-order chi connectivity index (χ1) is 13.3. The van der Waals surface area contributed by atoms with E-state index >= 15 is 0 Å². The fourth-order valence-electron chi connectivity index (χ4n) is 2.88. The average Bonchev–Trinajstić information content (AvgIpc) is 3.17. The maximum Gasteiger partial charge on any atom is 0.233 e. The fourth-order valence-corrected chi connectivity index (χ4v) is 3.75. The van der Waals surface area contributed by atoms with E-state index in [0.717, 1.165) is 21.8 Å². The summed E-state index contributed by atoms with van der Waals surface area (Å²) in [6, 6.07) is 7.59. The standard InChI is InChI=1S/C18H19N5O3S/c1-25-14-4-2-13(3-5-14)23-17-15(10-21-23)18(20-12-19-17)27-11-16(24)22-6-8-26-9-7-22/h2-5,10,12H,6-9,11H2,1H3. The van der Waals surface area contributed by atoms with Crippen LogP contribution in [0.25, 0.3) is 16.7 Å². The van der Waals surface area contributed by atoms with Gasteiger partial charge in [-0.2, -0.15) is 5.10 Å². The maximum atomic E-state index is 12.4. The van der Waals surface area contributed by atoms with Crippen LogP contribution in [0.5, 0.6) is 5.75 Å². The Labute approximate surface area is 160 Å². The summed E-state index contributed by atoms with van der Waals surface area (Å²) >= 11 is 1.41. The molecular weight excluding hydrogens is 366 g/mol. The number of carbonyl (C=O) groups excluding carboxylic acids is 1. The summed E-state index contributed by atoms with van der Waals surface area (Å²) in [4.78, 5) is 22.9. The van der Waals surface area contributed by atoms with Crippen LogP contribution in [-0.4, -0.2) is 69.7 Å². The van der Waals surface area contributed by atoms with Gasteiger partial charge in [0.1, 0.15) is 17.1 Å². The Balaban J connectivity index is 1.54. The normalized spacial score (nSPS) is 14.5. The van der Waals surface area contributed by atoms with Gasteiger partial charge in [0, 0.05) is 13.1 Å². The number of benzene rings is 1. The molecule has 0 bridgehead atoms. The summed E-state index contributed by atoms with van der Waals surface area (Å²) in [5.41, 5.74) is 1.58. The summed E-state index contributed by atoms with van der Waals surface area (Å²) in [6.45, 7) is 2.49. The van der Waals surface area contributed by atoms with Gasteiger partial charge in [-0.1, -0.05) is 11.8 Å². The van der Waals surface area contributed by atoms with E-state index in [1.807, 2.05) is 29.2 Å². The molecule has 3 aromatic rings. The lowest BCUT2D eigenvalue weighted by molar-refractivity contribution is -0.132. The molecule has 27 heavy (non-hydrogen) atoms. The molecule has 1 amide bonds. The van der Waals surface area contributed by atoms with Crippen LogP contribution in [0.15, 0.2) is 41.8 Å². The van der Waals surface area contributed by atoms with E-state index in [2.05, 4.69) is 15.1 Å². The molecule has 2 aromatic heterocycles. The summed E-state index contributed by atoms with van der Waals surface area (Å²) in [5, 5.41) is 6.03. The molecular formula is C18H19N5O3S. The van der Waals surface area contributed by atoms with E-state index in [9.17, 15) is 4.79 Å². The molecule has 140 valence electrons. The first kappa shape index (κ1) is 17.7. The van der Waals surface area contributed by atoms with Gasteiger partial charge in [0.25, 0.3) is 0 Å². The van der Waals surface area contributed by atoms with Crippen molar-refractivity contribution in [2.75, 3.05) is 39.2 Å². The highest BCUT2D eigenvalue weighted by molar-refractivity contribution is 8.00. The smallest absolute Gasteiger partial charge is 0.233 e. The molecule has 0 radical (unpaired) electrons. The number of rotatable bonds is 5. The van der Waals surface area contributed by atoms with E-state index in [1.54, 1.807) is 18.0 Å². The van der Waals surface area contributed by atoms with Gasteiger partial charge in [-0.15, -0.1) is 0 Å². The molecule has 0 atom stereocenters. The number of aromatic nitrogens is 4. The van der Waals surface area contributed by atoms with Gasteiger partial charge >= 0.3 is 0 Å². The van der Waals surface area contributed by atoms with Crippen molar-refractivity contribution < 1.29 is 14.3 Å². The van der Waals surface area contributed by atoms with E-state index in [-0.39, 0.29) is 5.91 Å². The molecule has 1 aliphatic rings. The first-order valence-corrected chi connectivity index (χ1v) is 9.56. The molecule has 0 saturated carbocycles. The molecule has 1 fully saturated rings. The maximum absolute atomic E-state index is 12.4. The second kappa shape index (κ2) is 7.93. The molecule has 1 aromatic carbocycles. The zero-order chi connectivity index (χ0) is 18.6. The van der Waals surface area contributed by atoms with Gasteiger partial charge in [0.05, 0.1) is 43.3 Å². The molecule has 1 saturated heterocycles. The third-order valence-corrected chi connectivity index (χ3v) is 5.33. The summed E-state index contributed by atoms with van der Waals surface area (Å²) < 4.78 is 12.2. The average molecular weight is 385 g/mol. The van der Waals surface area contributed by atoms with Gasteiger partial charge in [0.15, 0.2) is 5.65 Å². The Morgan fingerprint density at radius 1 is 1.22 bits per heavy atom. The van der Waals surface area contributed by atoms with Gasteiger partial charge in [0.2, 0.25) is 5.91 Å². The van der Waals surface area contributed by atoms with Crippen LogP contribution in [-0.2, 0) is 9.53 Å². The molecule has 0 aliphatic carbocycles. The van der Waals surface area contributed by atoms with Gasteiger partial charge in [-0.3, -0.25) is 4.79 Å². The lowest BCUT2D eigenvalue weighted by Crippen LogP contribution is -2.41. The predicted octanol–water partition coefficient (Wildman–Crippen LogP) is 1.77. The highest BCUT2D eigenvalue weighted by Gasteiger charge is 2.18. The minimum atomic E-state index is 0.0950. The van der Waals surface area contributed by atoms with Crippen molar-refractivity contribution in [3.05, 3.63) is 36.8 Å². The van der Waals surface area contributed by atoms with E-state index < -0.39 is 0 Å². The molecule has 1 aliphatic heterocycles. The molecule has 4 rings (SSSR count). The largest absolute Gasteiger partial charge is 0.497 e. The lowest BCUT2D eigenvalue weighted by atomic mass is 10.3. The Hall–Kier alpha value is -2.65. The molecule has 3 heterocycles. The predicted molar refractivity (Wildman–Crippen MR) is 101 cm³/mol. The van der Waals surface area contributed by atoms with Crippen LogP contribution in [0.4, 0.5) is 0 Å². The van der Waals surface area contributed by atoms with Crippen LogP contribution in [0.1, 0.15) is 0 Å². The van der Waals surface area contributed by atoms with Crippen molar-refractivity contribution in [3.8, 4) is 11.4 Å². The van der Waals surface area contributed by atoms with E-state index in [1.165, 1.54) is 18.1 Å². The monoisotopic (exact) mass is 385 g/mol. The Bertz CT molecular complexity index is 938. The number of hydrogen-bond donors (Lipinski definition) is 0. The second-order valence-corrected chi connectivity index (χ2v) is 6.92. The fraction of sp³-hybridized carbons (Fsp3) is 0.333. The minimum absolute atomic E-state index is 0.0950. The second-order valence-electron chi connectivity index (χ2n) is 5.95. The van der Waals surface area contributed by atoms with E-state index in [0.29, 0.717) is 37.7 Å². The zero-order valence-corrected chi connectivity index (χ0v) is 15.7. The van der Waals surface area contributed by atoms with Crippen molar-refractivity contribution >= 4 is 28.7 Å². The number of fused-ring (bicyclic) bond motifs is 1. The highest BCUT2D eigenvalue weighted by atomic mass is 32.2. The third-order valence-electron chi connectivity index (χ3n) is 4.34. The quantitative estimate of drug-likeness (QED) is 0.489. The number of hydrogen-bond acceptors (Lipinski definition) is 7. The SMILES string of the molecule is COc1ccc(-n2ncc3c(SCC(=O)N4CCOCC4)ncnc32)cc1. The minimum Gasteiger partial charge on any atom is -0.497 e. The van der Waals surface area contributed by atoms with Gasteiger partial charge in [-0.05, 0) is 24.3 Å². The van der Waals surface area contributed by atoms with Crippen LogP contribution in [0.3, 0.4) is 0 Å². The van der Waals surface area contributed by atoms with Crippen molar-refractivity contribution in [1.29, 1.82) is 0 Å². The Morgan fingerprint density at radius 3 is 2.74 bits per heavy atom. The number of carbonyl (C=O) groups is 1. The number of nitrogens with zero attached hydrogens (tertiary/aromatic N) is 5. The van der Waals surface area contributed by atoms with E-state index in [4.69, 9.17) is 9.47 Å². The molecule has 8 nitrogen and oxygen atoms in total. The van der Waals surface area contributed by atoms with Crippen molar-refractivity contribution in [2.45, 2.75) is 5.03 Å². The van der Waals surface area contributed by atoms with Crippen molar-refractivity contribution in [3.63, 3.8) is 0 Å². The number of thioether (sulfide) groups is 1. The zero-order valence-electron chi connectivity index (χ0n) is 14.9. The highest BCUT2D eigenvalue weighted by Crippen LogP contribution is 2.26. The van der Waals surface area contributed by atoms with Crippen molar-refractivity contribution in [1.82, 2.24) is 24.6 Å². The first-order valence-electron chi connectivity index (χ1n) is 8.58. The topological polar surface area (TPSA) is 82.4 Å².